The van der Waals surface area contributed by atoms with Gasteiger partial charge < -0.3 is 10.1 Å². The van der Waals surface area contributed by atoms with E-state index in [1.54, 1.807) is 53.4 Å². The number of ether oxygens (including phenoxy) is 1. The van der Waals surface area contributed by atoms with E-state index in [0.717, 1.165) is 10.6 Å². The van der Waals surface area contributed by atoms with E-state index < -0.39 is 5.97 Å². The van der Waals surface area contributed by atoms with Crippen molar-refractivity contribution in [1.82, 2.24) is 9.78 Å². The van der Waals surface area contributed by atoms with E-state index >= 15 is 0 Å². The van der Waals surface area contributed by atoms with Crippen molar-refractivity contribution in [2.75, 3.05) is 12.4 Å². The van der Waals surface area contributed by atoms with Gasteiger partial charge in [0.25, 0.3) is 5.91 Å². The van der Waals surface area contributed by atoms with Gasteiger partial charge in [-0.2, -0.15) is 5.10 Å². The summed E-state index contributed by atoms with van der Waals surface area (Å²) >= 11 is 1.57. The number of carbonyl (C=O) groups excluding carboxylic acids is 2. The fraction of sp³-hybridized carbons (Fsp3) is 0.118. The number of carbonyl (C=O) groups is 2. The molecule has 1 aromatic carbocycles. The summed E-state index contributed by atoms with van der Waals surface area (Å²) in [6.45, 7) is 0. The largest absolute Gasteiger partial charge is 0.465 e. The van der Waals surface area contributed by atoms with E-state index in [1.807, 2.05) is 17.5 Å². The molecule has 0 atom stereocenters. The first-order chi connectivity index (χ1) is 11.6. The molecule has 0 unspecified atom stereocenters. The number of benzene rings is 1. The van der Waals surface area contributed by atoms with Crippen molar-refractivity contribution in [3.63, 3.8) is 0 Å². The zero-order valence-electron chi connectivity index (χ0n) is 13.1. The number of rotatable bonds is 4. The highest BCUT2D eigenvalue weighted by Gasteiger charge is 2.15. The molecule has 24 heavy (non-hydrogen) atoms. The Morgan fingerprint density at radius 2 is 1.96 bits per heavy atom. The van der Waals surface area contributed by atoms with Crippen LogP contribution in [0.15, 0.2) is 47.8 Å². The van der Waals surface area contributed by atoms with Gasteiger partial charge >= 0.3 is 5.97 Å². The number of amides is 1. The second-order valence-electron chi connectivity index (χ2n) is 5.04. The molecular weight excluding hydrogens is 326 g/mol. The summed E-state index contributed by atoms with van der Waals surface area (Å²) < 4.78 is 6.19. The molecule has 0 bridgehead atoms. The number of hydrogen-bond acceptors (Lipinski definition) is 5. The Morgan fingerprint density at radius 3 is 2.58 bits per heavy atom. The second kappa shape index (κ2) is 6.67. The normalized spacial score (nSPS) is 10.4. The van der Waals surface area contributed by atoms with Crippen LogP contribution in [0.1, 0.15) is 20.8 Å². The average molecular weight is 341 g/mol. The molecule has 0 saturated heterocycles. The van der Waals surface area contributed by atoms with Gasteiger partial charge in [-0.3, -0.25) is 9.48 Å². The maximum atomic E-state index is 12.4. The van der Waals surface area contributed by atoms with Crippen molar-refractivity contribution in [2.45, 2.75) is 0 Å². The lowest BCUT2D eigenvalue weighted by molar-refractivity contribution is 0.0600. The number of esters is 1. The molecule has 0 spiro atoms. The van der Waals surface area contributed by atoms with Crippen LogP contribution < -0.4 is 5.32 Å². The lowest BCUT2D eigenvalue weighted by Crippen LogP contribution is -2.16. The summed E-state index contributed by atoms with van der Waals surface area (Å²) in [5.74, 6) is -0.682. The molecule has 1 N–H and O–H groups in total. The molecule has 1 amide bonds. The molecular formula is C17H15N3O3S. The summed E-state index contributed by atoms with van der Waals surface area (Å²) in [5, 5.41) is 9.13. The molecule has 3 rings (SSSR count). The van der Waals surface area contributed by atoms with Gasteiger partial charge in [-0.1, -0.05) is 6.07 Å². The molecule has 6 nitrogen and oxygen atoms in total. The Labute approximate surface area is 142 Å². The zero-order valence-corrected chi connectivity index (χ0v) is 14.0. The van der Waals surface area contributed by atoms with Crippen LogP contribution >= 0.6 is 11.3 Å². The summed E-state index contributed by atoms with van der Waals surface area (Å²) in [5.41, 5.74) is 2.23. The summed E-state index contributed by atoms with van der Waals surface area (Å²) in [6, 6.07) is 12.2. The molecule has 3 aromatic rings. The third-order valence-electron chi connectivity index (χ3n) is 3.45. The minimum atomic E-state index is -0.417. The van der Waals surface area contributed by atoms with Gasteiger partial charge in [0.05, 0.1) is 17.6 Å². The summed E-state index contributed by atoms with van der Waals surface area (Å²) in [6.07, 6.45) is 0. The molecule has 2 aromatic heterocycles. The molecule has 7 heteroatoms. The highest BCUT2D eigenvalue weighted by molar-refractivity contribution is 7.13. The van der Waals surface area contributed by atoms with Gasteiger partial charge in [0.1, 0.15) is 11.4 Å². The highest BCUT2D eigenvalue weighted by Crippen LogP contribution is 2.24. The third-order valence-corrected chi connectivity index (χ3v) is 4.34. The van der Waals surface area contributed by atoms with E-state index in [0.29, 0.717) is 16.9 Å². The van der Waals surface area contributed by atoms with Gasteiger partial charge in [0.15, 0.2) is 0 Å². The Hall–Kier alpha value is -2.93. The molecule has 0 saturated carbocycles. The number of nitrogens with one attached hydrogen (secondary N) is 1. The van der Waals surface area contributed by atoms with E-state index in [4.69, 9.17) is 0 Å². The monoisotopic (exact) mass is 341 g/mol. The summed E-state index contributed by atoms with van der Waals surface area (Å²) in [4.78, 5) is 24.8. The van der Waals surface area contributed by atoms with Crippen LogP contribution in [0, 0.1) is 0 Å². The van der Waals surface area contributed by atoms with Crippen LogP contribution in [0.5, 0.6) is 0 Å². The van der Waals surface area contributed by atoms with Crippen molar-refractivity contribution in [3.8, 4) is 10.6 Å². The first kappa shape index (κ1) is 15.9. The standard InChI is InChI=1S/C17H15N3O3S/c1-20-14(10-13(19-20)15-4-3-9-24-15)16(21)18-12-7-5-11(6-8-12)17(22)23-2/h3-10H,1-2H3,(H,18,21). The Kier molecular flexibility index (Phi) is 4.43. The lowest BCUT2D eigenvalue weighted by atomic mass is 10.2. The van der Waals surface area contributed by atoms with Crippen molar-refractivity contribution >= 4 is 28.9 Å². The molecule has 122 valence electrons. The molecule has 0 aliphatic heterocycles. The molecule has 0 fully saturated rings. The van der Waals surface area contributed by atoms with Crippen LogP contribution in [0.2, 0.25) is 0 Å². The van der Waals surface area contributed by atoms with E-state index in [2.05, 4.69) is 15.2 Å². The van der Waals surface area contributed by atoms with Crippen LogP contribution in [0.25, 0.3) is 10.6 Å². The number of aryl methyl sites for hydroxylation is 1. The van der Waals surface area contributed by atoms with Gasteiger partial charge in [-0.25, -0.2) is 4.79 Å². The number of methoxy groups -OCH3 is 1. The van der Waals surface area contributed by atoms with E-state index in [-0.39, 0.29) is 5.91 Å². The van der Waals surface area contributed by atoms with Crippen LogP contribution in [-0.2, 0) is 11.8 Å². The van der Waals surface area contributed by atoms with E-state index in [1.165, 1.54) is 7.11 Å². The van der Waals surface area contributed by atoms with Crippen LogP contribution in [0.4, 0.5) is 5.69 Å². The Balaban J connectivity index is 1.77. The van der Waals surface area contributed by atoms with E-state index in [9.17, 15) is 9.59 Å². The molecule has 0 aliphatic carbocycles. The van der Waals surface area contributed by atoms with Gasteiger partial charge in [-0.05, 0) is 41.8 Å². The topological polar surface area (TPSA) is 73.2 Å². The van der Waals surface area contributed by atoms with Crippen molar-refractivity contribution in [1.29, 1.82) is 0 Å². The first-order valence-electron chi connectivity index (χ1n) is 7.16. The van der Waals surface area contributed by atoms with Crippen molar-refractivity contribution < 1.29 is 14.3 Å². The van der Waals surface area contributed by atoms with Crippen LogP contribution in [0.3, 0.4) is 0 Å². The molecule has 2 heterocycles. The minimum Gasteiger partial charge on any atom is -0.465 e. The number of nitrogens with zero attached hydrogens (tertiary/aromatic N) is 2. The Bertz CT molecular complexity index is 867. The number of anilines is 1. The fourth-order valence-corrected chi connectivity index (χ4v) is 2.91. The molecule has 0 radical (unpaired) electrons. The van der Waals surface area contributed by atoms with Crippen LogP contribution in [-0.4, -0.2) is 28.8 Å². The number of thiophene rings is 1. The maximum Gasteiger partial charge on any atom is 0.337 e. The van der Waals surface area contributed by atoms with Crippen molar-refractivity contribution in [3.05, 3.63) is 59.1 Å². The smallest absolute Gasteiger partial charge is 0.337 e. The first-order valence-corrected chi connectivity index (χ1v) is 8.04. The van der Waals surface area contributed by atoms with Crippen molar-refractivity contribution in [2.24, 2.45) is 7.05 Å². The SMILES string of the molecule is COC(=O)c1ccc(NC(=O)c2cc(-c3cccs3)nn2C)cc1. The predicted molar refractivity (Wildman–Crippen MR) is 92.3 cm³/mol. The number of hydrogen-bond donors (Lipinski definition) is 1. The summed E-state index contributed by atoms with van der Waals surface area (Å²) in [7, 11) is 3.05. The third kappa shape index (κ3) is 3.21. The molecule has 0 aliphatic rings. The zero-order chi connectivity index (χ0) is 17.1. The van der Waals surface area contributed by atoms with Gasteiger partial charge in [0.2, 0.25) is 0 Å². The maximum absolute atomic E-state index is 12.4. The van der Waals surface area contributed by atoms with Gasteiger partial charge in [-0.15, -0.1) is 11.3 Å². The average Bonchev–Trinajstić information content (AvgIpc) is 3.24. The lowest BCUT2D eigenvalue weighted by Gasteiger charge is -2.06. The van der Waals surface area contributed by atoms with Gasteiger partial charge in [0, 0.05) is 12.7 Å². The minimum absolute atomic E-state index is 0.265. The highest BCUT2D eigenvalue weighted by atomic mass is 32.1. The second-order valence-corrected chi connectivity index (χ2v) is 5.99. The number of aromatic nitrogens is 2. The quantitative estimate of drug-likeness (QED) is 0.740. The fourth-order valence-electron chi connectivity index (χ4n) is 2.23. The predicted octanol–water partition coefficient (Wildman–Crippen LogP) is 3.19. The Morgan fingerprint density at radius 1 is 1.21 bits per heavy atom.